The van der Waals surface area contributed by atoms with Gasteiger partial charge in [0, 0.05) is 13.1 Å². The molecular formula is C10H21ClN2O3. The highest BCUT2D eigenvalue weighted by Crippen LogP contribution is 1.96. The van der Waals surface area contributed by atoms with Gasteiger partial charge in [-0.25, -0.2) is 0 Å². The molecule has 16 heavy (non-hydrogen) atoms. The van der Waals surface area contributed by atoms with Crippen molar-refractivity contribution in [2.75, 3.05) is 26.3 Å². The van der Waals surface area contributed by atoms with Gasteiger partial charge in [-0.2, -0.15) is 0 Å². The molecule has 1 aliphatic rings. The summed E-state index contributed by atoms with van der Waals surface area (Å²) in [5, 5.41) is 15.2. The second-order valence-electron chi connectivity index (χ2n) is 3.77. The van der Waals surface area contributed by atoms with E-state index in [9.17, 15) is 9.90 Å². The molecule has 0 aromatic rings. The summed E-state index contributed by atoms with van der Waals surface area (Å²) < 4.78 is 5.17. The van der Waals surface area contributed by atoms with Crippen molar-refractivity contribution in [2.24, 2.45) is 0 Å². The van der Waals surface area contributed by atoms with Crippen molar-refractivity contribution < 1.29 is 14.6 Å². The molecular weight excluding hydrogens is 232 g/mol. The summed E-state index contributed by atoms with van der Waals surface area (Å²) in [6, 6.07) is -0.271. The molecule has 1 fully saturated rings. The van der Waals surface area contributed by atoms with E-state index in [0.29, 0.717) is 26.3 Å². The van der Waals surface area contributed by atoms with E-state index in [1.54, 1.807) is 0 Å². The summed E-state index contributed by atoms with van der Waals surface area (Å²) in [7, 11) is 0. The first-order valence-corrected chi connectivity index (χ1v) is 5.51. The fraction of sp³-hybridized carbons (Fsp3) is 0.900. The van der Waals surface area contributed by atoms with Crippen molar-refractivity contribution in [3.63, 3.8) is 0 Å². The predicted octanol–water partition coefficient (Wildman–Crippen LogP) is -0.326. The smallest absolute Gasteiger partial charge is 0.239 e. The number of aliphatic hydroxyl groups excluding tert-OH is 1. The van der Waals surface area contributed by atoms with Crippen molar-refractivity contribution in [3.8, 4) is 0 Å². The quantitative estimate of drug-likeness (QED) is 0.627. The van der Waals surface area contributed by atoms with Crippen LogP contribution in [0.25, 0.3) is 0 Å². The first-order valence-electron chi connectivity index (χ1n) is 5.51. The third kappa shape index (κ3) is 5.65. The zero-order valence-electron chi connectivity index (χ0n) is 9.57. The Morgan fingerprint density at radius 3 is 3.00 bits per heavy atom. The van der Waals surface area contributed by atoms with Gasteiger partial charge in [0.05, 0.1) is 19.3 Å². The maximum Gasteiger partial charge on any atom is 0.239 e. The summed E-state index contributed by atoms with van der Waals surface area (Å²) in [5.41, 5.74) is 0. The molecule has 5 nitrogen and oxygen atoms in total. The van der Waals surface area contributed by atoms with E-state index in [1.165, 1.54) is 0 Å². The van der Waals surface area contributed by atoms with Crippen molar-refractivity contribution in [2.45, 2.75) is 31.9 Å². The van der Waals surface area contributed by atoms with E-state index in [2.05, 4.69) is 10.6 Å². The van der Waals surface area contributed by atoms with Gasteiger partial charge < -0.3 is 20.5 Å². The number of hydrogen-bond donors (Lipinski definition) is 3. The fourth-order valence-corrected chi connectivity index (χ4v) is 1.51. The third-order valence-corrected chi connectivity index (χ3v) is 2.37. The number of ether oxygens (including phenoxy) is 1. The predicted molar refractivity (Wildman–Crippen MR) is 63.8 cm³/mol. The zero-order valence-corrected chi connectivity index (χ0v) is 10.4. The van der Waals surface area contributed by atoms with Gasteiger partial charge >= 0.3 is 0 Å². The molecule has 0 bridgehead atoms. The highest BCUT2D eigenvalue weighted by molar-refractivity contribution is 5.85. The Morgan fingerprint density at radius 2 is 2.44 bits per heavy atom. The summed E-state index contributed by atoms with van der Waals surface area (Å²) in [6.07, 6.45) is 1.19. The molecule has 0 radical (unpaired) electrons. The van der Waals surface area contributed by atoms with Gasteiger partial charge in [0.15, 0.2) is 0 Å². The Kier molecular flexibility index (Phi) is 8.56. The fourth-order valence-electron chi connectivity index (χ4n) is 1.51. The Balaban J connectivity index is 0.00000225. The van der Waals surface area contributed by atoms with E-state index < -0.39 is 6.10 Å². The van der Waals surface area contributed by atoms with Gasteiger partial charge in [-0.1, -0.05) is 13.3 Å². The largest absolute Gasteiger partial charge is 0.391 e. The van der Waals surface area contributed by atoms with Crippen molar-refractivity contribution in [1.82, 2.24) is 10.6 Å². The van der Waals surface area contributed by atoms with E-state index in [1.807, 2.05) is 6.92 Å². The highest BCUT2D eigenvalue weighted by atomic mass is 35.5. The number of rotatable bonds is 5. The van der Waals surface area contributed by atoms with Gasteiger partial charge in [-0.3, -0.25) is 4.79 Å². The van der Waals surface area contributed by atoms with Gasteiger partial charge in [0.2, 0.25) is 5.91 Å². The molecule has 0 aliphatic carbocycles. The molecule has 1 aliphatic heterocycles. The average molecular weight is 253 g/mol. The monoisotopic (exact) mass is 252 g/mol. The van der Waals surface area contributed by atoms with Crippen LogP contribution in [-0.4, -0.2) is 49.5 Å². The number of nitrogens with one attached hydrogen (secondary N) is 2. The molecule has 3 N–H and O–H groups in total. The second-order valence-corrected chi connectivity index (χ2v) is 3.77. The Labute approximate surface area is 102 Å². The molecule has 1 rings (SSSR count). The van der Waals surface area contributed by atoms with E-state index in [-0.39, 0.29) is 24.4 Å². The number of carbonyl (C=O) groups excluding carboxylic acids is 1. The molecule has 6 heteroatoms. The van der Waals surface area contributed by atoms with Gasteiger partial charge in [0.1, 0.15) is 6.04 Å². The van der Waals surface area contributed by atoms with Crippen LogP contribution in [0.3, 0.4) is 0 Å². The van der Waals surface area contributed by atoms with Crippen LogP contribution in [0.2, 0.25) is 0 Å². The number of amides is 1. The molecule has 1 amide bonds. The SMILES string of the molecule is CCCC(O)CNC(=O)C1COCCN1.Cl. The molecule has 0 aromatic carbocycles. The maximum absolute atomic E-state index is 11.5. The van der Waals surface area contributed by atoms with E-state index >= 15 is 0 Å². The van der Waals surface area contributed by atoms with Crippen LogP contribution in [0.5, 0.6) is 0 Å². The number of carbonyl (C=O) groups is 1. The van der Waals surface area contributed by atoms with Crippen LogP contribution < -0.4 is 10.6 Å². The summed E-state index contributed by atoms with van der Waals surface area (Å²) in [5.74, 6) is -0.0927. The number of aliphatic hydroxyl groups is 1. The lowest BCUT2D eigenvalue weighted by molar-refractivity contribution is -0.126. The summed E-state index contributed by atoms with van der Waals surface area (Å²) in [6.45, 7) is 4.10. The zero-order chi connectivity index (χ0) is 11.1. The highest BCUT2D eigenvalue weighted by Gasteiger charge is 2.21. The van der Waals surface area contributed by atoms with Crippen LogP contribution in [0.1, 0.15) is 19.8 Å². The maximum atomic E-state index is 11.5. The molecule has 1 saturated heterocycles. The molecule has 2 unspecified atom stereocenters. The van der Waals surface area contributed by atoms with Gasteiger partial charge in [-0.05, 0) is 6.42 Å². The van der Waals surface area contributed by atoms with Crippen molar-refractivity contribution >= 4 is 18.3 Å². The lowest BCUT2D eigenvalue weighted by Crippen LogP contribution is -2.52. The average Bonchev–Trinajstić information content (AvgIpc) is 2.27. The van der Waals surface area contributed by atoms with Gasteiger partial charge in [-0.15, -0.1) is 12.4 Å². The van der Waals surface area contributed by atoms with Gasteiger partial charge in [0.25, 0.3) is 0 Å². The minimum atomic E-state index is -0.441. The lowest BCUT2D eigenvalue weighted by atomic mass is 10.2. The van der Waals surface area contributed by atoms with Crippen molar-refractivity contribution in [3.05, 3.63) is 0 Å². The topological polar surface area (TPSA) is 70.6 Å². The summed E-state index contributed by atoms with van der Waals surface area (Å²) >= 11 is 0. The van der Waals surface area contributed by atoms with Crippen molar-refractivity contribution in [1.29, 1.82) is 0 Å². The Bertz CT molecular complexity index is 199. The minimum absolute atomic E-state index is 0. The van der Waals surface area contributed by atoms with E-state index in [4.69, 9.17) is 4.74 Å². The molecule has 0 saturated carbocycles. The van der Waals surface area contributed by atoms with Crippen LogP contribution in [0, 0.1) is 0 Å². The Morgan fingerprint density at radius 1 is 1.69 bits per heavy atom. The molecule has 96 valence electrons. The first kappa shape index (κ1) is 15.6. The normalized spacial score (nSPS) is 22.0. The second kappa shape index (κ2) is 8.75. The molecule has 0 aromatic heterocycles. The number of halogens is 1. The number of morpholine rings is 1. The van der Waals surface area contributed by atoms with Crippen LogP contribution in [-0.2, 0) is 9.53 Å². The third-order valence-electron chi connectivity index (χ3n) is 2.37. The van der Waals surface area contributed by atoms with Crippen LogP contribution in [0.15, 0.2) is 0 Å². The van der Waals surface area contributed by atoms with E-state index in [0.717, 1.165) is 12.8 Å². The first-order chi connectivity index (χ1) is 7.24. The lowest BCUT2D eigenvalue weighted by Gasteiger charge is -2.23. The molecule has 1 heterocycles. The molecule has 2 atom stereocenters. The Hall–Kier alpha value is -0.360. The number of hydrogen-bond acceptors (Lipinski definition) is 4. The van der Waals surface area contributed by atoms with Crippen LogP contribution >= 0.6 is 12.4 Å². The standard InChI is InChI=1S/C10H20N2O3.ClH/c1-2-3-8(13)6-12-10(14)9-7-15-5-4-11-9;/h8-9,11,13H,2-7H2,1H3,(H,12,14);1H. The summed E-state index contributed by atoms with van der Waals surface area (Å²) in [4.78, 5) is 11.5. The van der Waals surface area contributed by atoms with Crippen LogP contribution in [0.4, 0.5) is 0 Å². The molecule has 0 spiro atoms. The minimum Gasteiger partial charge on any atom is -0.391 e.